The van der Waals surface area contributed by atoms with Gasteiger partial charge in [-0.15, -0.1) is 0 Å². The summed E-state index contributed by atoms with van der Waals surface area (Å²) in [7, 11) is 0. The zero-order valence-electron chi connectivity index (χ0n) is 17.2. The molecule has 1 aliphatic carbocycles. The van der Waals surface area contributed by atoms with E-state index in [-0.39, 0.29) is 22.4 Å². The summed E-state index contributed by atoms with van der Waals surface area (Å²) in [6.45, 7) is 1.74. The number of rotatable bonds is 6. The Hall–Kier alpha value is -3.46. The van der Waals surface area contributed by atoms with Crippen LogP contribution in [-0.2, 0) is 9.59 Å². The number of anilines is 1. The van der Waals surface area contributed by atoms with Crippen molar-refractivity contribution < 1.29 is 14.0 Å². The molecule has 5 rings (SSSR count). The minimum absolute atomic E-state index is 0.00647. The quantitative estimate of drug-likeness (QED) is 0.379. The Balaban J connectivity index is 1.59. The highest BCUT2D eigenvalue weighted by molar-refractivity contribution is 6.35. The van der Waals surface area contributed by atoms with Gasteiger partial charge in [-0.3, -0.25) is 14.7 Å². The van der Waals surface area contributed by atoms with E-state index in [9.17, 15) is 9.59 Å². The first-order valence-electron chi connectivity index (χ1n) is 10.3. The maximum atomic E-state index is 15.6. The molecule has 8 nitrogen and oxygen atoms in total. The number of halogens is 2. The van der Waals surface area contributed by atoms with E-state index in [1.54, 1.807) is 42.0 Å². The van der Waals surface area contributed by atoms with E-state index >= 15 is 4.39 Å². The molecule has 0 aliphatic heterocycles. The molecule has 1 saturated carbocycles. The van der Waals surface area contributed by atoms with Gasteiger partial charge in [0.25, 0.3) is 0 Å². The summed E-state index contributed by atoms with van der Waals surface area (Å²) in [4.78, 5) is 27.4. The monoisotopic (exact) mass is 454 g/mol. The van der Waals surface area contributed by atoms with Crippen LogP contribution in [0.2, 0.25) is 5.02 Å². The average molecular weight is 455 g/mol. The van der Waals surface area contributed by atoms with Gasteiger partial charge in [0.05, 0.1) is 29.0 Å². The third kappa shape index (κ3) is 3.29. The lowest BCUT2D eigenvalue weighted by Gasteiger charge is -2.27. The van der Waals surface area contributed by atoms with Crippen LogP contribution >= 0.6 is 11.6 Å². The number of fused-ring (bicyclic) bond motifs is 2. The molecule has 4 aromatic rings. The molecule has 3 aromatic heterocycles. The number of imidazole rings is 1. The van der Waals surface area contributed by atoms with Crippen LogP contribution in [-0.4, -0.2) is 31.9 Å². The molecule has 3 N–H and O–H groups in total. The zero-order chi connectivity index (χ0) is 22.4. The summed E-state index contributed by atoms with van der Waals surface area (Å²) < 4.78 is 17.3. The second-order valence-electron chi connectivity index (χ2n) is 8.00. The first-order chi connectivity index (χ1) is 15.5. The van der Waals surface area contributed by atoms with Crippen molar-refractivity contribution in [2.45, 2.75) is 32.2 Å². The number of aromatic nitrogens is 4. The number of nitrogens with one attached hydrogen (secondary N) is 3. The minimum atomic E-state index is -0.603. The smallest absolute Gasteiger partial charge is 0.223 e. The molecule has 0 saturated heterocycles. The van der Waals surface area contributed by atoms with E-state index in [0.29, 0.717) is 39.9 Å². The van der Waals surface area contributed by atoms with Crippen LogP contribution in [0.4, 0.5) is 10.2 Å². The molecule has 0 bridgehead atoms. The SMILES string of the molecule is CC(NC(=O)C1CCC1)c1c(F)c(Cl)c(-c2ccc3nc(NC=O)cn3c2)c2cn[nH]c12. The van der Waals surface area contributed by atoms with Crippen molar-refractivity contribution in [2.75, 3.05) is 5.32 Å². The summed E-state index contributed by atoms with van der Waals surface area (Å²) in [6.07, 6.45) is 8.32. The number of nitrogens with zero attached hydrogens (tertiary/aromatic N) is 3. The lowest BCUT2D eigenvalue weighted by molar-refractivity contribution is -0.128. The molecule has 10 heteroatoms. The Morgan fingerprint density at radius 1 is 1.38 bits per heavy atom. The van der Waals surface area contributed by atoms with Gasteiger partial charge in [-0.05, 0) is 31.9 Å². The second-order valence-corrected chi connectivity index (χ2v) is 8.38. The summed E-state index contributed by atoms with van der Waals surface area (Å²) >= 11 is 6.54. The van der Waals surface area contributed by atoms with Crippen molar-refractivity contribution >= 4 is 46.3 Å². The number of carbonyl (C=O) groups excluding carboxylic acids is 2. The molecule has 3 heterocycles. The summed E-state index contributed by atoms with van der Waals surface area (Å²) in [5.41, 5.74) is 2.51. The number of benzene rings is 1. The summed E-state index contributed by atoms with van der Waals surface area (Å²) in [5.74, 6) is -0.280. The molecular formula is C22H20ClFN6O2. The average Bonchev–Trinajstić information content (AvgIpc) is 3.33. The van der Waals surface area contributed by atoms with Crippen molar-refractivity contribution in [2.24, 2.45) is 5.92 Å². The molecule has 1 atom stereocenters. The van der Waals surface area contributed by atoms with Gasteiger partial charge in [0.2, 0.25) is 12.3 Å². The normalized spacial score (nSPS) is 15.0. The molecule has 2 amide bonds. The van der Waals surface area contributed by atoms with Crippen molar-refractivity contribution in [3.63, 3.8) is 0 Å². The van der Waals surface area contributed by atoms with Crippen LogP contribution in [0.25, 0.3) is 27.7 Å². The van der Waals surface area contributed by atoms with Crippen LogP contribution in [0.15, 0.2) is 30.7 Å². The number of hydrogen-bond acceptors (Lipinski definition) is 4. The third-order valence-electron chi connectivity index (χ3n) is 6.04. The Bertz CT molecular complexity index is 1360. The maximum Gasteiger partial charge on any atom is 0.223 e. The lowest BCUT2D eigenvalue weighted by Crippen LogP contribution is -2.36. The lowest BCUT2D eigenvalue weighted by atomic mass is 9.84. The topological polar surface area (TPSA) is 104 Å². The van der Waals surface area contributed by atoms with Crippen LogP contribution in [0.5, 0.6) is 0 Å². The Kier molecular flexibility index (Phi) is 5.05. The van der Waals surface area contributed by atoms with Gasteiger partial charge in [-0.2, -0.15) is 5.10 Å². The van der Waals surface area contributed by atoms with Crippen molar-refractivity contribution in [3.8, 4) is 11.1 Å². The molecule has 1 unspecified atom stereocenters. The molecule has 0 spiro atoms. The van der Waals surface area contributed by atoms with Gasteiger partial charge in [0.1, 0.15) is 11.5 Å². The Morgan fingerprint density at radius 2 is 2.19 bits per heavy atom. The van der Waals surface area contributed by atoms with Gasteiger partial charge in [-0.1, -0.05) is 18.0 Å². The van der Waals surface area contributed by atoms with Gasteiger partial charge in [-0.25, -0.2) is 9.37 Å². The number of aromatic amines is 1. The van der Waals surface area contributed by atoms with E-state index in [1.807, 2.05) is 0 Å². The number of H-pyrrole nitrogens is 1. The van der Waals surface area contributed by atoms with Crippen molar-refractivity contribution in [1.82, 2.24) is 24.9 Å². The predicted molar refractivity (Wildman–Crippen MR) is 119 cm³/mol. The Morgan fingerprint density at radius 3 is 2.91 bits per heavy atom. The van der Waals surface area contributed by atoms with E-state index in [0.717, 1.165) is 19.3 Å². The van der Waals surface area contributed by atoms with Crippen LogP contribution < -0.4 is 10.6 Å². The zero-order valence-corrected chi connectivity index (χ0v) is 17.9. The fourth-order valence-electron chi connectivity index (χ4n) is 4.17. The standard InChI is InChI=1S/C22H20ClFN6O2/c1-11(27-22(32)12-3-2-4-12)17-20(24)19(23)18(14-7-26-29-21(14)17)13-5-6-16-28-15(25-10-31)9-30(16)8-13/h5-12H,2-4H2,1H3,(H,25,31)(H,26,29)(H,27,32). The molecule has 1 aliphatic rings. The molecule has 1 aromatic carbocycles. The fraction of sp³-hybridized carbons (Fsp3) is 0.273. The summed E-state index contributed by atoms with van der Waals surface area (Å²) in [5, 5.41) is 13.0. The van der Waals surface area contributed by atoms with E-state index in [1.165, 1.54) is 0 Å². The van der Waals surface area contributed by atoms with Gasteiger partial charge < -0.3 is 15.0 Å². The van der Waals surface area contributed by atoms with Gasteiger partial charge in [0.15, 0.2) is 5.82 Å². The molecule has 0 radical (unpaired) electrons. The van der Waals surface area contributed by atoms with Gasteiger partial charge >= 0.3 is 0 Å². The van der Waals surface area contributed by atoms with Crippen LogP contribution in [0, 0.1) is 11.7 Å². The molecule has 1 fully saturated rings. The largest absolute Gasteiger partial charge is 0.349 e. The second kappa shape index (κ2) is 7.90. The highest BCUT2D eigenvalue weighted by Crippen LogP contribution is 2.41. The maximum absolute atomic E-state index is 15.6. The highest BCUT2D eigenvalue weighted by Gasteiger charge is 2.29. The van der Waals surface area contributed by atoms with Gasteiger partial charge in [0, 0.05) is 34.2 Å². The number of hydrogen-bond donors (Lipinski definition) is 3. The van der Waals surface area contributed by atoms with E-state index in [2.05, 4.69) is 25.8 Å². The Labute approximate surface area is 187 Å². The molecule has 32 heavy (non-hydrogen) atoms. The number of pyridine rings is 1. The third-order valence-corrected chi connectivity index (χ3v) is 6.40. The minimum Gasteiger partial charge on any atom is -0.349 e. The van der Waals surface area contributed by atoms with Crippen molar-refractivity contribution in [1.29, 1.82) is 0 Å². The molecule has 164 valence electrons. The highest BCUT2D eigenvalue weighted by atomic mass is 35.5. The van der Waals surface area contributed by atoms with Crippen LogP contribution in [0.1, 0.15) is 37.8 Å². The number of amides is 2. The van der Waals surface area contributed by atoms with Crippen LogP contribution in [0.3, 0.4) is 0 Å². The summed E-state index contributed by atoms with van der Waals surface area (Å²) in [6, 6.07) is 2.95. The van der Waals surface area contributed by atoms with E-state index < -0.39 is 11.9 Å². The fourth-order valence-corrected chi connectivity index (χ4v) is 4.48. The van der Waals surface area contributed by atoms with E-state index in [4.69, 9.17) is 11.6 Å². The first kappa shape index (κ1) is 20.4. The number of carbonyl (C=O) groups is 2. The van der Waals surface area contributed by atoms with Crippen molar-refractivity contribution in [3.05, 3.63) is 47.1 Å². The predicted octanol–water partition coefficient (Wildman–Crippen LogP) is 4.22. The first-order valence-corrected chi connectivity index (χ1v) is 10.7. The molecular weight excluding hydrogens is 435 g/mol.